The fourth-order valence-electron chi connectivity index (χ4n) is 3.61. The van der Waals surface area contributed by atoms with Gasteiger partial charge in [-0.2, -0.15) is 18.3 Å². The Bertz CT molecular complexity index is 1200. The maximum atomic E-state index is 10.6. The van der Waals surface area contributed by atoms with Crippen LogP contribution in [0.2, 0.25) is 5.02 Å². The number of hydrogen-bond acceptors (Lipinski definition) is 6. The van der Waals surface area contributed by atoms with Gasteiger partial charge in [0.1, 0.15) is 17.2 Å². The highest BCUT2D eigenvalue weighted by Gasteiger charge is 2.38. The molecule has 0 saturated carbocycles. The lowest BCUT2D eigenvalue weighted by Gasteiger charge is -2.27. The van der Waals surface area contributed by atoms with Gasteiger partial charge in [0.25, 0.3) is 0 Å². The Balaban J connectivity index is 0.000000429. The Morgan fingerprint density at radius 2 is 1.80 bits per heavy atom. The molecule has 0 saturated heterocycles. The van der Waals surface area contributed by atoms with Crippen molar-refractivity contribution in [2.45, 2.75) is 25.7 Å². The van der Waals surface area contributed by atoms with Crippen molar-refractivity contribution in [1.82, 2.24) is 15.1 Å². The zero-order valence-electron chi connectivity index (χ0n) is 18.9. The number of aromatic nitrogens is 2. The summed E-state index contributed by atoms with van der Waals surface area (Å²) in [5.41, 5.74) is 5.79. The molecule has 35 heavy (non-hydrogen) atoms. The monoisotopic (exact) mass is 512 g/mol. The fourth-order valence-corrected chi connectivity index (χ4v) is 3.77. The Morgan fingerprint density at radius 3 is 2.37 bits per heavy atom. The minimum Gasteiger partial charge on any atom is -0.507 e. The molecule has 2 aromatic carbocycles. The second-order valence-corrected chi connectivity index (χ2v) is 8.58. The topological polar surface area (TPSA) is 113 Å². The van der Waals surface area contributed by atoms with Gasteiger partial charge in [0, 0.05) is 68.7 Å². The van der Waals surface area contributed by atoms with E-state index in [1.54, 1.807) is 6.07 Å². The van der Waals surface area contributed by atoms with E-state index >= 15 is 0 Å². The summed E-state index contributed by atoms with van der Waals surface area (Å²) in [7, 11) is 4.07. The molecule has 0 amide bonds. The number of carboxylic acid groups (broad SMARTS) is 1. The number of anilines is 1. The second kappa shape index (κ2) is 10.4. The quantitative estimate of drug-likeness (QED) is 0.410. The van der Waals surface area contributed by atoms with Gasteiger partial charge in [0.15, 0.2) is 0 Å². The predicted octanol–water partition coefficient (Wildman–Crippen LogP) is 4.40. The number of carbonyl (C=O) groups is 1. The van der Waals surface area contributed by atoms with Crippen LogP contribution in [-0.2, 0) is 24.3 Å². The minimum absolute atomic E-state index is 0.0346. The number of halogens is 4. The molecule has 4 N–H and O–H groups in total. The van der Waals surface area contributed by atoms with Crippen molar-refractivity contribution in [3.63, 3.8) is 0 Å². The summed E-state index contributed by atoms with van der Waals surface area (Å²) in [4.78, 5) is 13.3. The molecule has 188 valence electrons. The molecule has 0 spiro atoms. The highest BCUT2D eigenvalue weighted by Crippen LogP contribution is 2.39. The fraction of sp³-hybridized carbons (Fsp3) is 0.304. The lowest BCUT2D eigenvalue weighted by molar-refractivity contribution is -0.192. The molecule has 0 aliphatic carbocycles. The number of hydrogen-bond donors (Lipinski definition) is 4. The maximum Gasteiger partial charge on any atom is 0.490 e. The van der Waals surface area contributed by atoms with Gasteiger partial charge in [0.2, 0.25) is 0 Å². The van der Waals surface area contributed by atoms with E-state index in [4.69, 9.17) is 21.5 Å². The summed E-state index contributed by atoms with van der Waals surface area (Å²) in [5.74, 6) is -2.93. The van der Waals surface area contributed by atoms with E-state index in [0.717, 1.165) is 37.3 Å². The number of aliphatic carboxylic acids is 1. The van der Waals surface area contributed by atoms with Crippen LogP contribution in [0.15, 0.2) is 36.4 Å². The summed E-state index contributed by atoms with van der Waals surface area (Å²) in [6, 6.07) is 11.4. The molecule has 2 heterocycles. The number of aromatic hydroxyl groups is 2. The average molecular weight is 513 g/mol. The first-order chi connectivity index (χ1) is 16.4. The zero-order chi connectivity index (χ0) is 25.9. The molecule has 0 bridgehead atoms. The average Bonchev–Trinajstić information content (AvgIpc) is 3.19. The molecule has 12 heteroatoms. The first kappa shape index (κ1) is 26.2. The number of phenols is 2. The van der Waals surface area contributed by atoms with Crippen molar-refractivity contribution in [2.24, 2.45) is 0 Å². The van der Waals surface area contributed by atoms with Gasteiger partial charge in [-0.3, -0.25) is 10.00 Å². The van der Waals surface area contributed by atoms with Crippen LogP contribution in [0.25, 0.3) is 11.3 Å². The molecular weight excluding hydrogens is 489 g/mol. The van der Waals surface area contributed by atoms with E-state index in [2.05, 4.69) is 44.3 Å². The van der Waals surface area contributed by atoms with Crippen molar-refractivity contribution >= 4 is 23.3 Å². The van der Waals surface area contributed by atoms with E-state index in [0.29, 0.717) is 11.3 Å². The summed E-state index contributed by atoms with van der Waals surface area (Å²) < 4.78 is 31.7. The normalized spacial score (nSPS) is 13.5. The Morgan fingerprint density at radius 1 is 1.17 bits per heavy atom. The molecule has 1 aromatic heterocycles. The SMILES string of the molecule is CN(C)c1ccc(CN2CCc3[nH]nc(-c4cc(Cl)c(O)cc4O)c3C2)cc1.O=C(O)C(F)(F)F. The van der Waals surface area contributed by atoms with Crippen LogP contribution in [0.1, 0.15) is 16.8 Å². The third kappa shape index (κ3) is 6.37. The van der Waals surface area contributed by atoms with Crippen molar-refractivity contribution in [1.29, 1.82) is 0 Å². The lowest BCUT2D eigenvalue weighted by Crippen LogP contribution is -2.30. The number of H-pyrrole nitrogens is 1. The van der Waals surface area contributed by atoms with Crippen LogP contribution >= 0.6 is 11.6 Å². The van der Waals surface area contributed by atoms with Gasteiger partial charge >= 0.3 is 12.1 Å². The largest absolute Gasteiger partial charge is 0.507 e. The van der Waals surface area contributed by atoms with Crippen molar-refractivity contribution in [2.75, 3.05) is 25.5 Å². The summed E-state index contributed by atoms with van der Waals surface area (Å²) >= 11 is 6.04. The van der Waals surface area contributed by atoms with E-state index in [-0.39, 0.29) is 16.5 Å². The first-order valence-corrected chi connectivity index (χ1v) is 10.8. The Kier molecular flexibility index (Phi) is 7.81. The smallest absolute Gasteiger partial charge is 0.490 e. The molecule has 1 aliphatic heterocycles. The molecule has 3 aromatic rings. The van der Waals surface area contributed by atoms with Gasteiger partial charge in [-0.1, -0.05) is 23.7 Å². The number of nitrogens with one attached hydrogen (secondary N) is 1. The third-order valence-corrected chi connectivity index (χ3v) is 5.74. The van der Waals surface area contributed by atoms with Crippen LogP contribution in [0.5, 0.6) is 11.5 Å². The number of aromatic amines is 1. The Hall–Kier alpha value is -3.44. The second-order valence-electron chi connectivity index (χ2n) is 8.17. The third-order valence-electron chi connectivity index (χ3n) is 5.43. The number of alkyl halides is 3. The van der Waals surface area contributed by atoms with Crippen molar-refractivity contribution in [3.05, 3.63) is 58.2 Å². The number of phenolic OH excluding ortho intramolecular Hbond substituents is 2. The van der Waals surface area contributed by atoms with Gasteiger partial charge in [-0.05, 0) is 23.8 Å². The zero-order valence-corrected chi connectivity index (χ0v) is 19.7. The van der Waals surface area contributed by atoms with E-state index in [1.807, 2.05) is 14.1 Å². The van der Waals surface area contributed by atoms with Crippen LogP contribution in [-0.4, -0.2) is 63.2 Å². The van der Waals surface area contributed by atoms with Gasteiger partial charge in [-0.25, -0.2) is 4.79 Å². The maximum absolute atomic E-state index is 10.6. The van der Waals surface area contributed by atoms with E-state index in [9.17, 15) is 23.4 Å². The molecule has 0 fully saturated rings. The van der Waals surface area contributed by atoms with Crippen LogP contribution in [0.4, 0.5) is 18.9 Å². The molecule has 0 radical (unpaired) electrons. The van der Waals surface area contributed by atoms with Crippen LogP contribution < -0.4 is 4.90 Å². The standard InChI is InChI=1S/C21H23ClN4O2.C2HF3O2/c1-25(2)14-5-3-13(4-6-14)11-26-8-7-18-16(12-26)21(24-23-18)15-9-17(22)20(28)10-19(15)27;3-2(4,5)1(6)7/h3-6,9-10,27-28H,7-8,11-12H2,1-2H3,(H,23,24);(H,6,7). The number of carboxylic acids is 1. The van der Waals surface area contributed by atoms with Gasteiger partial charge in [0.05, 0.1) is 5.02 Å². The predicted molar refractivity (Wildman–Crippen MR) is 125 cm³/mol. The van der Waals surface area contributed by atoms with Crippen LogP contribution in [0, 0.1) is 0 Å². The number of nitrogens with zero attached hydrogens (tertiary/aromatic N) is 3. The van der Waals surface area contributed by atoms with Crippen LogP contribution in [0.3, 0.4) is 0 Å². The van der Waals surface area contributed by atoms with Gasteiger partial charge < -0.3 is 20.2 Å². The molecule has 1 aliphatic rings. The number of fused-ring (bicyclic) bond motifs is 1. The van der Waals surface area contributed by atoms with E-state index < -0.39 is 12.1 Å². The molecule has 0 unspecified atom stereocenters. The number of benzene rings is 2. The first-order valence-electron chi connectivity index (χ1n) is 10.4. The molecule has 4 rings (SSSR count). The summed E-state index contributed by atoms with van der Waals surface area (Å²) in [6.07, 6.45) is -4.22. The Labute approximate surface area is 204 Å². The summed E-state index contributed by atoms with van der Waals surface area (Å²) in [6.45, 7) is 2.51. The number of rotatable bonds is 4. The highest BCUT2D eigenvalue weighted by atomic mass is 35.5. The highest BCUT2D eigenvalue weighted by molar-refractivity contribution is 6.32. The molecular formula is C23H24ClF3N4O4. The molecule has 8 nitrogen and oxygen atoms in total. The van der Waals surface area contributed by atoms with Crippen molar-refractivity contribution < 1.29 is 33.3 Å². The lowest BCUT2D eigenvalue weighted by atomic mass is 9.99. The summed E-state index contributed by atoms with van der Waals surface area (Å²) in [5, 5.41) is 34.8. The molecule has 0 atom stereocenters. The van der Waals surface area contributed by atoms with E-state index in [1.165, 1.54) is 17.3 Å². The van der Waals surface area contributed by atoms with Crippen molar-refractivity contribution in [3.8, 4) is 22.8 Å². The van der Waals surface area contributed by atoms with Gasteiger partial charge in [-0.15, -0.1) is 0 Å². The minimum atomic E-state index is -5.08.